The largest absolute Gasteiger partial charge is 0.496 e. The van der Waals surface area contributed by atoms with Crippen LogP contribution in [0.5, 0.6) is 5.75 Å². The van der Waals surface area contributed by atoms with Crippen LogP contribution >= 0.6 is 0 Å². The van der Waals surface area contributed by atoms with Gasteiger partial charge in [0.1, 0.15) is 11.8 Å². The van der Waals surface area contributed by atoms with E-state index < -0.39 is 17.4 Å². The Morgan fingerprint density at radius 2 is 2.09 bits per heavy atom. The van der Waals surface area contributed by atoms with Gasteiger partial charge in [0, 0.05) is 0 Å². The minimum Gasteiger partial charge on any atom is -0.496 e. The number of aliphatic carboxylic acids is 1. The van der Waals surface area contributed by atoms with E-state index in [0.717, 1.165) is 36.1 Å². The highest BCUT2D eigenvalue weighted by Gasteiger charge is 2.46. The van der Waals surface area contributed by atoms with E-state index in [0.29, 0.717) is 12.8 Å². The van der Waals surface area contributed by atoms with Gasteiger partial charge in [-0.2, -0.15) is 0 Å². The molecule has 0 radical (unpaired) electrons. The van der Waals surface area contributed by atoms with Crippen molar-refractivity contribution in [2.75, 3.05) is 7.11 Å². The van der Waals surface area contributed by atoms with E-state index >= 15 is 0 Å². The van der Waals surface area contributed by atoms with Gasteiger partial charge in [-0.05, 0) is 43.4 Å². The summed E-state index contributed by atoms with van der Waals surface area (Å²) in [5, 5.41) is 12.0. The molecule has 1 amide bonds. The molecule has 2 rings (SSSR count). The summed E-state index contributed by atoms with van der Waals surface area (Å²) in [7, 11) is 1.61. The predicted octanol–water partition coefficient (Wildman–Crippen LogP) is 2.79. The minimum absolute atomic E-state index is 0.185. The molecule has 5 nitrogen and oxygen atoms in total. The standard InChI is InChI=1S/C18H25NO4/c1-4-6-14(16(20)21)19-17(22)18(9-5-10-18)13-8-7-12(2)15(11-13)23-3/h7-8,11,14H,4-6,9-10H2,1-3H3,(H,19,22)(H,20,21). The van der Waals surface area contributed by atoms with Crippen LogP contribution in [0, 0.1) is 6.92 Å². The number of nitrogens with one attached hydrogen (secondary N) is 1. The summed E-state index contributed by atoms with van der Waals surface area (Å²) >= 11 is 0. The molecule has 0 aromatic heterocycles. The van der Waals surface area contributed by atoms with Crippen molar-refractivity contribution in [3.63, 3.8) is 0 Å². The second-order valence-electron chi connectivity index (χ2n) is 6.27. The Balaban J connectivity index is 2.26. The maximum absolute atomic E-state index is 12.8. The van der Waals surface area contributed by atoms with E-state index in [4.69, 9.17) is 4.74 Å². The zero-order valence-corrected chi connectivity index (χ0v) is 14.0. The van der Waals surface area contributed by atoms with Gasteiger partial charge in [0.2, 0.25) is 5.91 Å². The number of ether oxygens (including phenoxy) is 1. The van der Waals surface area contributed by atoms with Crippen LogP contribution in [0.3, 0.4) is 0 Å². The molecule has 0 spiro atoms. The SMILES string of the molecule is CCCC(NC(=O)C1(c2ccc(C)c(OC)c2)CCC1)C(=O)O. The van der Waals surface area contributed by atoms with Crippen LogP contribution in [0.25, 0.3) is 0 Å². The van der Waals surface area contributed by atoms with E-state index in [1.807, 2.05) is 32.0 Å². The molecule has 1 aliphatic carbocycles. The van der Waals surface area contributed by atoms with Crippen molar-refractivity contribution in [1.29, 1.82) is 0 Å². The molecule has 1 saturated carbocycles. The van der Waals surface area contributed by atoms with E-state index in [9.17, 15) is 14.7 Å². The maximum Gasteiger partial charge on any atom is 0.326 e. The second kappa shape index (κ2) is 7.02. The molecule has 23 heavy (non-hydrogen) atoms. The summed E-state index contributed by atoms with van der Waals surface area (Å²) in [6.07, 6.45) is 3.60. The van der Waals surface area contributed by atoms with Gasteiger partial charge in [-0.15, -0.1) is 0 Å². The molecule has 5 heteroatoms. The molecule has 1 atom stereocenters. The number of carboxylic acids is 1. The average Bonchev–Trinajstić information content (AvgIpc) is 2.47. The van der Waals surface area contributed by atoms with Crippen LogP contribution in [-0.4, -0.2) is 30.1 Å². The lowest BCUT2D eigenvalue weighted by molar-refractivity contribution is -0.143. The monoisotopic (exact) mass is 319 g/mol. The highest BCUT2D eigenvalue weighted by atomic mass is 16.5. The molecule has 126 valence electrons. The molecule has 0 bridgehead atoms. The number of carbonyl (C=O) groups is 2. The van der Waals surface area contributed by atoms with Crippen LogP contribution in [-0.2, 0) is 15.0 Å². The average molecular weight is 319 g/mol. The smallest absolute Gasteiger partial charge is 0.326 e. The van der Waals surface area contributed by atoms with Gasteiger partial charge in [-0.25, -0.2) is 4.79 Å². The lowest BCUT2D eigenvalue weighted by Gasteiger charge is -2.41. The summed E-state index contributed by atoms with van der Waals surface area (Å²) in [4.78, 5) is 24.1. The van der Waals surface area contributed by atoms with Crippen LogP contribution in [0.15, 0.2) is 18.2 Å². The topological polar surface area (TPSA) is 75.6 Å². The third-order valence-corrected chi connectivity index (χ3v) is 4.78. The van der Waals surface area contributed by atoms with Crippen molar-refractivity contribution in [2.24, 2.45) is 0 Å². The number of methoxy groups -OCH3 is 1. The molecule has 1 fully saturated rings. The molecule has 1 aromatic carbocycles. The van der Waals surface area contributed by atoms with Crippen LogP contribution in [0.1, 0.15) is 50.2 Å². The van der Waals surface area contributed by atoms with Crippen molar-refractivity contribution < 1.29 is 19.4 Å². The molecule has 2 N–H and O–H groups in total. The summed E-state index contributed by atoms with van der Waals surface area (Å²) < 4.78 is 5.36. The summed E-state index contributed by atoms with van der Waals surface area (Å²) in [6, 6.07) is 4.98. The molecule has 0 saturated heterocycles. The first-order valence-electron chi connectivity index (χ1n) is 8.13. The van der Waals surface area contributed by atoms with Gasteiger partial charge in [0.25, 0.3) is 0 Å². The lowest BCUT2D eigenvalue weighted by Crippen LogP contribution is -2.53. The molecular weight excluding hydrogens is 294 g/mol. The molecule has 0 heterocycles. The van der Waals surface area contributed by atoms with E-state index in [1.54, 1.807) is 7.11 Å². The molecule has 0 aliphatic heterocycles. The summed E-state index contributed by atoms with van der Waals surface area (Å²) in [5.41, 5.74) is 1.30. The van der Waals surface area contributed by atoms with Crippen molar-refractivity contribution in [1.82, 2.24) is 5.32 Å². The lowest BCUT2D eigenvalue weighted by atomic mass is 9.63. The van der Waals surface area contributed by atoms with Gasteiger partial charge in [-0.1, -0.05) is 31.9 Å². The van der Waals surface area contributed by atoms with Gasteiger partial charge in [-0.3, -0.25) is 4.79 Å². The number of aryl methyl sites for hydroxylation is 1. The number of hydrogen-bond donors (Lipinski definition) is 2. The van der Waals surface area contributed by atoms with Crippen molar-refractivity contribution in [3.05, 3.63) is 29.3 Å². The number of benzene rings is 1. The van der Waals surface area contributed by atoms with Gasteiger partial charge in [0.05, 0.1) is 12.5 Å². The zero-order valence-electron chi connectivity index (χ0n) is 14.0. The number of rotatable bonds is 7. The Hall–Kier alpha value is -2.04. The van der Waals surface area contributed by atoms with Crippen molar-refractivity contribution in [3.8, 4) is 5.75 Å². The van der Waals surface area contributed by atoms with Crippen molar-refractivity contribution >= 4 is 11.9 Å². The predicted molar refractivity (Wildman–Crippen MR) is 87.7 cm³/mol. The van der Waals surface area contributed by atoms with E-state index in [1.165, 1.54) is 0 Å². The molecular formula is C18H25NO4. The van der Waals surface area contributed by atoms with Crippen LogP contribution < -0.4 is 10.1 Å². The first-order valence-corrected chi connectivity index (χ1v) is 8.13. The Bertz CT molecular complexity index is 593. The van der Waals surface area contributed by atoms with E-state index in [-0.39, 0.29) is 5.91 Å². The first kappa shape index (κ1) is 17.3. The van der Waals surface area contributed by atoms with Crippen molar-refractivity contribution in [2.45, 2.75) is 57.4 Å². The summed E-state index contributed by atoms with van der Waals surface area (Å²) in [6.45, 7) is 3.86. The Kier molecular flexibility index (Phi) is 5.29. The number of hydrogen-bond acceptors (Lipinski definition) is 3. The second-order valence-corrected chi connectivity index (χ2v) is 6.27. The quantitative estimate of drug-likeness (QED) is 0.810. The third-order valence-electron chi connectivity index (χ3n) is 4.78. The number of carboxylic acid groups (broad SMARTS) is 1. The number of carbonyl (C=O) groups excluding carboxylic acids is 1. The van der Waals surface area contributed by atoms with Crippen LogP contribution in [0.4, 0.5) is 0 Å². The fourth-order valence-corrected chi connectivity index (χ4v) is 3.14. The third kappa shape index (κ3) is 3.33. The Morgan fingerprint density at radius 1 is 1.39 bits per heavy atom. The molecule has 1 unspecified atom stereocenters. The number of amides is 1. The maximum atomic E-state index is 12.8. The van der Waals surface area contributed by atoms with Gasteiger partial charge in [0.15, 0.2) is 0 Å². The minimum atomic E-state index is -0.976. The fraction of sp³-hybridized carbons (Fsp3) is 0.556. The summed E-state index contributed by atoms with van der Waals surface area (Å²) in [5.74, 6) is -0.406. The van der Waals surface area contributed by atoms with E-state index in [2.05, 4.69) is 5.32 Å². The van der Waals surface area contributed by atoms with Gasteiger partial charge < -0.3 is 15.2 Å². The highest BCUT2D eigenvalue weighted by Crippen LogP contribution is 2.45. The van der Waals surface area contributed by atoms with Gasteiger partial charge >= 0.3 is 5.97 Å². The highest BCUT2D eigenvalue weighted by molar-refractivity contribution is 5.92. The first-order chi connectivity index (χ1) is 10.9. The normalized spacial score (nSPS) is 17.0. The Morgan fingerprint density at radius 3 is 2.57 bits per heavy atom. The fourth-order valence-electron chi connectivity index (χ4n) is 3.14. The zero-order chi connectivity index (χ0) is 17.0. The molecule has 1 aliphatic rings. The van der Waals surface area contributed by atoms with Crippen LogP contribution in [0.2, 0.25) is 0 Å². The molecule has 1 aromatic rings. The Labute approximate surface area is 137 Å².